The SMILES string of the molecule is CC1(C)c2ccccc2-c2cc(-c3ccc(-c4ccc5c(c4)CCCC5)cc3)c(N(c3ccccc3)c3ccc(-c4ccc(-c5ccccc5)cc4)cc3)cc21. The molecule has 8 aromatic rings. The molecule has 0 radical (unpaired) electrons. The largest absolute Gasteiger partial charge is 0.310 e. The van der Waals surface area contributed by atoms with Crippen molar-refractivity contribution in [3.05, 3.63) is 210 Å². The number of aryl methyl sites for hydroxylation is 2. The van der Waals surface area contributed by atoms with Crippen LogP contribution in [0.4, 0.5) is 17.1 Å². The third-order valence-electron chi connectivity index (χ3n) is 12.3. The Bertz CT molecular complexity index is 2670. The number of nitrogens with zero attached hydrogens (tertiary/aromatic N) is 1. The van der Waals surface area contributed by atoms with Gasteiger partial charge in [-0.15, -0.1) is 0 Å². The summed E-state index contributed by atoms with van der Waals surface area (Å²) in [6, 6.07) is 69.8. The molecule has 56 heavy (non-hydrogen) atoms. The van der Waals surface area contributed by atoms with Crippen LogP contribution in [0.25, 0.3) is 55.6 Å². The fourth-order valence-electron chi connectivity index (χ4n) is 9.20. The van der Waals surface area contributed by atoms with Crippen LogP contribution in [0.15, 0.2) is 188 Å². The van der Waals surface area contributed by atoms with E-state index in [-0.39, 0.29) is 5.41 Å². The van der Waals surface area contributed by atoms with E-state index in [1.54, 1.807) is 0 Å². The Morgan fingerprint density at radius 2 is 0.857 bits per heavy atom. The minimum absolute atomic E-state index is 0.131. The summed E-state index contributed by atoms with van der Waals surface area (Å²) in [4.78, 5) is 2.45. The second kappa shape index (κ2) is 14.0. The third kappa shape index (κ3) is 6.05. The van der Waals surface area contributed by atoms with Crippen LogP contribution in [0, 0.1) is 0 Å². The molecule has 2 aliphatic rings. The van der Waals surface area contributed by atoms with E-state index >= 15 is 0 Å². The number of hydrogen-bond donors (Lipinski definition) is 0. The molecule has 0 amide bonds. The summed E-state index contributed by atoms with van der Waals surface area (Å²) < 4.78 is 0. The average molecular weight is 720 g/mol. The van der Waals surface area contributed by atoms with Gasteiger partial charge in [-0.1, -0.05) is 166 Å². The third-order valence-corrected chi connectivity index (χ3v) is 12.3. The zero-order valence-electron chi connectivity index (χ0n) is 32.2. The highest BCUT2D eigenvalue weighted by Crippen LogP contribution is 2.53. The van der Waals surface area contributed by atoms with E-state index in [1.807, 2.05) is 0 Å². The molecule has 270 valence electrons. The molecule has 0 heterocycles. The molecule has 0 bridgehead atoms. The van der Waals surface area contributed by atoms with E-state index in [0.717, 1.165) is 11.4 Å². The fraction of sp³-hybridized carbons (Fsp3) is 0.127. The van der Waals surface area contributed by atoms with Gasteiger partial charge in [-0.25, -0.2) is 0 Å². The van der Waals surface area contributed by atoms with Crippen LogP contribution in [-0.4, -0.2) is 0 Å². The minimum atomic E-state index is -0.131. The van der Waals surface area contributed by atoms with Crippen molar-refractivity contribution in [1.82, 2.24) is 0 Å². The molecule has 0 atom stereocenters. The van der Waals surface area contributed by atoms with Crippen molar-refractivity contribution in [2.45, 2.75) is 44.9 Å². The lowest BCUT2D eigenvalue weighted by molar-refractivity contribution is 0.660. The monoisotopic (exact) mass is 719 g/mol. The second-order valence-electron chi connectivity index (χ2n) is 16.0. The molecule has 0 spiro atoms. The van der Waals surface area contributed by atoms with Crippen LogP contribution >= 0.6 is 0 Å². The summed E-state index contributed by atoms with van der Waals surface area (Å²) in [5.41, 5.74) is 21.6. The van der Waals surface area contributed by atoms with Crippen molar-refractivity contribution in [3.8, 4) is 55.6 Å². The van der Waals surface area contributed by atoms with Crippen molar-refractivity contribution in [1.29, 1.82) is 0 Å². The molecule has 1 heteroatoms. The lowest BCUT2D eigenvalue weighted by Crippen LogP contribution is -2.17. The smallest absolute Gasteiger partial charge is 0.0543 e. The highest BCUT2D eigenvalue weighted by molar-refractivity contribution is 5.95. The van der Waals surface area contributed by atoms with E-state index in [9.17, 15) is 0 Å². The first-order valence-electron chi connectivity index (χ1n) is 20.1. The molecule has 8 aromatic carbocycles. The molecule has 10 rings (SSSR count). The van der Waals surface area contributed by atoms with Gasteiger partial charge < -0.3 is 4.90 Å². The molecule has 0 aromatic heterocycles. The van der Waals surface area contributed by atoms with Crippen LogP contribution in [0.5, 0.6) is 0 Å². The van der Waals surface area contributed by atoms with Crippen LogP contribution in [0.3, 0.4) is 0 Å². The number of anilines is 3. The first kappa shape index (κ1) is 34.1. The van der Waals surface area contributed by atoms with E-state index in [0.29, 0.717) is 0 Å². The Balaban J connectivity index is 1.09. The van der Waals surface area contributed by atoms with Gasteiger partial charge in [0.05, 0.1) is 5.69 Å². The van der Waals surface area contributed by atoms with Crippen molar-refractivity contribution in [2.24, 2.45) is 0 Å². The number of fused-ring (bicyclic) bond motifs is 4. The van der Waals surface area contributed by atoms with Crippen LogP contribution in [0.1, 0.15) is 48.9 Å². The van der Waals surface area contributed by atoms with E-state index < -0.39 is 0 Å². The number of benzene rings is 8. The Morgan fingerprint density at radius 1 is 0.357 bits per heavy atom. The summed E-state index contributed by atoms with van der Waals surface area (Å²) in [6.07, 6.45) is 4.99. The Hall–Kier alpha value is -6.44. The van der Waals surface area contributed by atoms with Crippen molar-refractivity contribution in [3.63, 3.8) is 0 Å². The maximum atomic E-state index is 2.48. The van der Waals surface area contributed by atoms with Crippen LogP contribution in [0.2, 0.25) is 0 Å². The normalized spacial score (nSPS) is 13.8. The van der Waals surface area contributed by atoms with E-state index in [4.69, 9.17) is 0 Å². The van der Waals surface area contributed by atoms with Gasteiger partial charge in [-0.3, -0.25) is 0 Å². The lowest BCUT2D eigenvalue weighted by Gasteiger charge is -2.30. The Labute approximate surface area is 331 Å². The standard InChI is InChI=1S/C55H45N/c1-55(2)52-20-12-11-19-49(52)51-36-50(44-28-25-43(26-29-44)46-30-27-39-15-9-10-16-45(39)35-46)54(37-53(51)55)56(47-17-7-4-8-18-47)48-33-31-42(32-34-48)41-23-21-40(22-24-41)38-13-5-3-6-14-38/h3-8,11-14,17-37H,9-10,15-16H2,1-2H3. The molecule has 1 nitrogen and oxygen atoms in total. The highest BCUT2D eigenvalue weighted by Gasteiger charge is 2.37. The van der Waals surface area contributed by atoms with Gasteiger partial charge in [0, 0.05) is 22.4 Å². The molecule has 0 fully saturated rings. The average Bonchev–Trinajstić information content (AvgIpc) is 3.49. The highest BCUT2D eigenvalue weighted by atomic mass is 15.1. The quantitative estimate of drug-likeness (QED) is 0.159. The van der Waals surface area contributed by atoms with Crippen molar-refractivity contribution < 1.29 is 0 Å². The summed E-state index contributed by atoms with van der Waals surface area (Å²) in [5, 5.41) is 0. The summed E-state index contributed by atoms with van der Waals surface area (Å²) >= 11 is 0. The lowest BCUT2D eigenvalue weighted by atomic mass is 9.81. The predicted octanol–water partition coefficient (Wildman–Crippen LogP) is 15.0. The summed E-state index contributed by atoms with van der Waals surface area (Å²) in [6.45, 7) is 4.75. The number of para-hydroxylation sites is 1. The van der Waals surface area contributed by atoms with Gasteiger partial charge in [0.2, 0.25) is 0 Å². The molecule has 2 aliphatic carbocycles. The maximum Gasteiger partial charge on any atom is 0.0543 e. The van der Waals surface area contributed by atoms with Crippen molar-refractivity contribution in [2.75, 3.05) is 4.90 Å². The first-order valence-corrected chi connectivity index (χ1v) is 20.1. The number of rotatable bonds is 7. The zero-order valence-corrected chi connectivity index (χ0v) is 32.2. The molecular weight excluding hydrogens is 675 g/mol. The molecule has 0 saturated carbocycles. The van der Waals surface area contributed by atoms with Gasteiger partial charge in [0.1, 0.15) is 0 Å². The minimum Gasteiger partial charge on any atom is -0.310 e. The second-order valence-corrected chi connectivity index (χ2v) is 16.0. The molecule has 0 aliphatic heterocycles. The zero-order chi connectivity index (χ0) is 37.6. The predicted molar refractivity (Wildman–Crippen MR) is 237 cm³/mol. The Morgan fingerprint density at radius 3 is 1.54 bits per heavy atom. The van der Waals surface area contributed by atoms with Gasteiger partial charge in [-0.2, -0.15) is 0 Å². The Kier molecular flexibility index (Phi) is 8.52. The first-order chi connectivity index (χ1) is 27.5. The van der Waals surface area contributed by atoms with Gasteiger partial charge >= 0.3 is 0 Å². The fourth-order valence-corrected chi connectivity index (χ4v) is 9.20. The molecular formula is C55H45N. The van der Waals surface area contributed by atoms with Crippen molar-refractivity contribution >= 4 is 17.1 Å². The van der Waals surface area contributed by atoms with Gasteiger partial charge in [0.15, 0.2) is 0 Å². The maximum absolute atomic E-state index is 2.48. The summed E-state index contributed by atoms with van der Waals surface area (Å²) in [7, 11) is 0. The summed E-state index contributed by atoms with van der Waals surface area (Å²) in [5.74, 6) is 0. The van der Waals surface area contributed by atoms with Crippen LogP contribution < -0.4 is 4.90 Å². The van der Waals surface area contributed by atoms with E-state index in [2.05, 4.69) is 207 Å². The topological polar surface area (TPSA) is 3.24 Å². The molecule has 0 saturated heterocycles. The van der Waals surface area contributed by atoms with Gasteiger partial charge in [0.25, 0.3) is 0 Å². The molecule has 0 unspecified atom stereocenters. The number of hydrogen-bond acceptors (Lipinski definition) is 1. The molecule has 0 N–H and O–H groups in total. The van der Waals surface area contributed by atoms with E-state index in [1.165, 1.54) is 109 Å². The van der Waals surface area contributed by atoms with Crippen LogP contribution in [-0.2, 0) is 18.3 Å². The van der Waals surface area contributed by atoms with Gasteiger partial charge in [-0.05, 0) is 134 Å².